The van der Waals surface area contributed by atoms with Crippen LogP contribution >= 0.6 is 0 Å². The zero-order valence-electron chi connectivity index (χ0n) is 7.96. The van der Waals surface area contributed by atoms with E-state index in [9.17, 15) is 4.79 Å². The van der Waals surface area contributed by atoms with Gasteiger partial charge < -0.3 is 9.47 Å². The Kier molecular flexibility index (Phi) is 2.90. The molecule has 70 valence electrons. The average Bonchev–Trinajstić information content (AvgIpc) is 2.14. The molecule has 0 aromatic heterocycles. The second-order valence-electron chi connectivity index (χ2n) is 2.73. The van der Waals surface area contributed by atoms with Crippen LogP contribution in [0.2, 0.25) is 0 Å². The normalized spacial score (nSPS) is 9.46. The van der Waals surface area contributed by atoms with E-state index in [-0.39, 0.29) is 0 Å². The Morgan fingerprint density at radius 2 is 1.69 bits per heavy atom. The number of methoxy groups -OCH3 is 1. The molecule has 0 aliphatic heterocycles. The molecule has 0 N–H and O–H groups in total. The minimum absolute atomic E-state index is 0.425. The molecule has 0 fully saturated rings. The smallest absolute Gasteiger partial charge is 0.298 e. The maximum Gasteiger partial charge on any atom is 0.298 e. The SMILES string of the molecule is COc1ccc(OC=O)c(C)c1C. The van der Waals surface area contributed by atoms with Crippen molar-refractivity contribution in [2.75, 3.05) is 7.11 Å². The molecule has 0 saturated heterocycles. The van der Waals surface area contributed by atoms with Crippen molar-refractivity contribution in [3.8, 4) is 11.5 Å². The molecule has 0 bridgehead atoms. The first-order chi connectivity index (χ1) is 6.20. The summed E-state index contributed by atoms with van der Waals surface area (Å²) >= 11 is 0. The van der Waals surface area contributed by atoms with E-state index < -0.39 is 0 Å². The molecule has 1 aromatic rings. The second-order valence-corrected chi connectivity index (χ2v) is 2.73. The van der Waals surface area contributed by atoms with Crippen LogP contribution in [0.3, 0.4) is 0 Å². The molecule has 0 aliphatic carbocycles. The third-order valence-electron chi connectivity index (χ3n) is 2.08. The molecule has 0 radical (unpaired) electrons. The predicted octanol–water partition coefficient (Wildman–Crippen LogP) is 1.85. The Morgan fingerprint density at radius 3 is 2.23 bits per heavy atom. The lowest BCUT2D eigenvalue weighted by atomic mass is 10.1. The van der Waals surface area contributed by atoms with Crippen LogP contribution in [0.25, 0.3) is 0 Å². The van der Waals surface area contributed by atoms with Gasteiger partial charge in [-0.3, -0.25) is 4.79 Å². The molecular weight excluding hydrogens is 168 g/mol. The molecule has 13 heavy (non-hydrogen) atoms. The van der Waals surface area contributed by atoms with Gasteiger partial charge in [0.1, 0.15) is 11.5 Å². The fraction of sp³-hybridized carbons (Fsp3) is 0.300. The summed E-state index contributed by atoms with van der Waals surface area (Å²) in [7, 11) is 1.61. The fourth-order valence-electron chi connectivity index (χ4n) is 1.17. The van der Waals surface area contributed by atoms with Crippen molar-refractivity contribution in [2.24, 2.45) is 0 Å². The van der Waals surface area contributed by atoms with E-state index in [0.29, 0.717) is 12.2 Å². The first kappa shape index (κ1) is 9.58. The lowest BCUT2D eigenvalue weighted by molar-refractivity contribution is -0.120. The van der Waals surface area contributed by atoms with Crippen molar-refractivity contribution in [2.45, 2.75) is 13.8 Å². The van der Waals surface area contributed by atoms with Crippen LogP contribution in [0.4, 0.5) is 0 Å². The fourth-order valence-corrected chi connectivity index (χ4v) is 1.17. The minimum Gasteiger partial charge on any atom is -0.496 e. The number of ether oxygens (including phenoxy) is 2. The van der Waals surface area contributed by atoms with E-state index in [2.05, 4.69) is 0 Å². The first-order valence-corrected chi connectivity index (χ1v) is 3.95. The summed E-state index contributed by atoms with van der Waals surface area (Å²) in [6, 6.07) is 3.50. The molecule has 3 nitrogen and oxygen atoms in total. The Hall–Kier alpha value is -1.51. The van der Waals surface area contributed by atoms with Gasteiger partial charge in [0.25, 0.3) is 6.47 Å². The molecule has 0 amide bonds. The highest BCUT2D eigenvalue weighted by Gasteiger charge is 2.06. The van der Waals surface area contributed by atoms with Gasteiger partial charge in [-0.2, -0.15) is 0 Å². The summed E-state index contributed by atoms with van der Waals surface area (Å²) in [6.45, 7) is 4.23. The predicted molar refractivity (Wildman–Crippen MR) is 49.2 cm³/mol. The zero-order valence-corrected chi connectivity index (χ0v) is 7.96. The van der Waals surface area contributed by atoms with E-state index in [1.807, 2.05) is 13.8 Å². The van der Waals surface area contributed by atoms with Gasteiger partial charge in [-0.1, -0.05) is 0 Å². The summed E-state index contributed by atoms with van der Waals surface area (Å²) < 4.78 is 9.90. The molecule has 0 unspecified atom stereocenters. The Bertz CT molecular complexity index is 318. The molecule has 1 aromatic carbocycles. The van der Waals surface area contributed by atoms with Crippen molar-refractivity contribution < 1.29 is 14.3 Å². The summed E-state index contributed by atoms with van der Waals surface area (Å²) in [5.41, 5.74) is 1.91. The minimum atomic E-state index is 0.425. The maximum atomic E-state index is 10.1. The maximum absolute atomic E-state index is 10.1. The van der Waals surface area contributed by atoms with E-state index in [4.69, 9.17) is 9.47 Å². The van der Waals surface area contributed by atoms with Crippen LogP contribution < -0.4 is 9.47 Å². The van der Waals surface area contributed by atoms with E-state index in [1.54, 1.807) is 19.2 Å². The van der Waals surface area contributed by atoms with Crippen molar-refractivity contribution in [3.05, 3.63) is 23.3 Å². The van der Waals surface area contributed by atoms with Crippen LogP contribution in [-0.2, 0) is 4.79 Å². The monoisotopic (exact) mass is 180 g/mol. The zero-order chi connectivity index (χ0) is 9.84. The number of hydrogen-bond donors (Lipinski definition) is 0. The van der Waals surface area contributed by atoms with Gasteiger partial charge in [-0.25, -0.2) is 0 Å². The van der Waals surface area contributed by atoms with Gasteiger partial charge in [-0.15, -0.1) is 0 Å². The topological polar surface area (TPSA) is 35.5 Å². The van der Waals surface area contributed by atoms with Gasteiger partial charge >= 0.3 is 0 Å². The number of rotatable bonds is 3. The Balaban J connectivity index is 3.14. The second kappa shape index (κ2) is 3.94. The molecule has 0 spiro atoms. The van der Waals surface area contributed by atoms with Gasteiger partial charge in [0.05, 0.1) is 7.11 Å². The van der Waals surface area contributed by atoms with Crippen LogP contribution in [0.5, 0.6) is 11.5 Å². The Labute approximate surface area is 77.3 Å². The van der Waals surface area contributed by atoms with E-state index in [0.717, 1.165) is 16.9 Å². The molecule has 0 saturated carbocycles. The van der Waals surface area contributed by atoms with Gasteiger partial charge in [-0.05, 0) is 37.1 Å². The number of carbonyl (C=O) groups is 1. The van der Waals surface area contributed by atoms with Gasteiger partial charge in [0.15, 0.2) is 0 Å². The number of hydrogen-bond acceptors (Lipinski definition) is 3. The van der Waals surface area contributed by atoms with Crippen molar-refractivity contribution in [1.29, 1.82) is 0 Å². The highest BCUT2D eigenvalue weighted by atomic mass is 16.5. The summed E-state index contributed by atoms with van der Waals surface area (Å²) in [6.07, 6.45) is 0. The summed E-state index contributed by atoms with van der Waals surface area (Å²) in [5.74, 6) is 1.38. The molecular formula is C10H12O3. The standard InChI is InChI=1S/C10H12O3/c1-7-8(2)10(13-6-11)5-4-9(7)12-3/h4-6H,1-3H3. The van der Waals surface area contributed by atoms with Crippen LogP contribution in [0.15, 0.2) is 12.1 Å². The lowest BCUT2D eigenvalue weighted by Crippen LogP contribution is -1.95. The quantitative estimate of drug-likeness (QED) is 0.666. The van der Waals surface area contributed by atoms with Crippen LogP contribution in [0.1, 0.15) is 11.1 Å². The molecule has 0 atom stereocenters. The molecule has 1 rings (SSSR count). The first-order valence-electron chi connectivity index (χ1n) is 3.95. The molecule has 3 heteroatoms. The average molecular weight is 180 g/mol. The lowest BCUT2D eigenvalue weighted by Gasteiger charge is -2.10. The number of benzene rings is 1. The third-order valence-corrected chi connectivity index (χ3v) is 2.08. The largest absolute Gasteiger partial charge is 0.496 e. The van der Waals surface area contributed by atoms with Crippen molar-refractivity contribution in [1.82, 2.24) is 0 Å². The summed E-state index contributed by atoms with van der Waals surface area (Å²) in [4.78, 5) is 10.1. The highest BCUT2D eigenvalue weighted by molar-refractivity contribution is 5.52. The third kappa shape index (κ3) is 1.80. The summed E-state index contributed by atoms with van der Waals surface area (Å²) in [5, 5.41) is 0. The Morgan fingerprint density at radius 1 is 1.15 bits per heavy atom. The van der Waals surface area contributed by atoms with Crippen molar-refractivity contribution in [3.63, 3.8) is 0 Å². The van der Waals surface area contributed by atoms with E-state index >= 15 is 0 Å². The molecule has 0 heterocycles. The van der Waals surface area contributed by atoms with Gasteiger partial charge in [0, 0.05) is 0 Å². The van der Waals surface area contributed by atoms with Gasteiger partial charge in [0.2, 0.25) is 0 Å². The highest BCUT2D eigenvalue weighted by Crippen LogP contribution is 2.28. The van der Waals surface area contributed by atoms with Crippen LogP contribution in [-0.4, -0.2) is 13.6 Å². The molecule has 0 aliphatic rings. The van der Waals surface area contributed by atoms with E-state index in [1.165, 1.54) is 0 Å². The van der Waals surface area contributed by atoms with Crippen molar-refractivity contribution >= 4 is 6.47 Å². The number of carbonyl (C=O) groups excluding carboxylic acids is 1. The van der Waals surface area contributed by atoms with Crippen LogP contribution in [0, 0.1) is 13.8 Å².